The fourth-order valence-electron chi connectivity index (χ4n) is 2.81. The van der Waals surface area contributed by atoms with Crippen LogP contribution in [0, 0.1) is 18.3 Å². The number of benzene rings is 1. The first-order chi connectivity index (χ1) is 15.1. The topological polar surface area (TPSA) is 114 Å². The van der Waals surface area contributed by atoms with Crippen molar-refractivity contribution in [3.05, 3.63) is 53.1 Å². The number of ether oxygens (including phenoxy) is 2. The number of nitriles is 1. The number of rotatable bonds is 8. The van der Waals surface area contributed by atoms with Crippen molar-refractivity contribution in [2.45, 2.75) is 27.2 Å². The smallest absolute Gasteiger partial charge is 0.348 e. The molecule has 1 N–H and O–H groups in total. The molecule has 0 aliphatic heterocycles. The van der Waals surface area contributed by atoms with Crippen molar-refractivity contribution in [2.75, 3.05) is 13.2 Å². The van der Waals surface area contributed by atoms with Crippen LogP contribution in [0.15, 0.2) is 26.7 Å². The number of carbonyl (C=O) groups is 3. The lowest BCUT2D eigenvalue weighted by molar-refractivity contribution is -0.114. The molecule has 0 radical (unpaired) electrons. The Kier molecular flexibility index (Phi) is 9.19. The molecule has 10 heteroatoms. The fraction of sp³-hybridized carbons (Fsp3) is 0.273. The van der Waals surface area contributed by atoms with E-state index in [0.717, 1.165) is 11.3 Å². The quantitative estimate of drug-likeness (QED) is 0.252. The number of hydrogen-bond donors (Lipinski definition) is 1. The first-order valence-electron chi connectivity index (χ1n) is 9.43. The van der Waals surface area contributed by atoms with Crippen LogP contribution in [0.4, 0.5) is 0 Å². The van der Waals surface area contributed by atoms with Gasteiger partial charge in [-0.05, 0) is 82.0 Å². The minimum Gasteiger partial charge on any atom is -0.506 e. The van der Waals surface area contributed by atoms with Crippen molar-refractivity contribution in [1.82, 2.24) is 0 Å². The number of nitrogens with zero attached hydrogens (tertiary/aromatic N) is 1. The van der Waals surface area contributed by atoms with Crippen molar-refractivity contribution >= 4 is 67.0 Å². The fourth-order valence-corrected chi connectivity index (χ4v) is 5.22. The zero-order valence-electron chi connectivity index (χ0n) is 17.5. The van der Waals surface area contributed by atoms with Gasteiger partial charge in [-0.3, -0.25) is 4.79 Å². The predicted octanol–water partition coefficient (Wildman–Crippen LogP) is 5.36. The minimum atomic E-state index is -0.645. The standard InChI is InChI=1S/C22H19Br2NO6S/c1-4-30-21(28)18-11(3)20(22(29)31-5-2)32-17(18)9-16(26)13(10-25)6-12-7-14(23)19(27)15(24)8-12/h6-8,27H,4-5,9H2,1-3H3/b13-6+. The van der Waals surface area contributed by atoms with Crippen molar-refractivity contribution in [3.8, 4) is 11.8 Å². The Balaban J connectivity index is 2.46. The molecule has 0 saturated carbocycles. The van der Waals surface area contributed by atoms with Gasteiger partial charge in [0.2, 0.25) is 0 Å². The predicted molar refractivity (Wildman–Crippen MR) is 127 cm³/mol. The van der Waals surface area contributed by atoms with Crippen LogP contribution in [0.2, 0.25) is 0 Å². The number of ketones is 1. The lowest BCUT2D eigenvalue weighted by Gasteiger charge is -2.06. The lowest BCUT2D eigenvalue weighted by Crippen LogP contribution is -2.12. The molecule has 1 heterocycles. The van der Waals surface area contributed by atoms with E-state index in [-0.39, 0.29) is 41.4 Å². The van der Waals surface area contributed by atoms with Crippen LogP contribution in [-0.2, 0) is 20.7 Å². The Bertz CT molecular complexity index is 1120. The van der Waals surface area contributed by atoms with Gasteiger partial charge in [0.25, 0.3) is 0 Å². The minimum absolute atomic E-state index is 0.00776. The van der Waals surface area contributed by atoms with Crippen LogP contribution < -0.4 is 0 Å². The molecule has 0 unspecified atom stereocenters. The van der Waals surface area contributed by atoms with E-state index in [1.54, 1.807) is 32.9 Å². The summed E-state index contributed by atoms with van der Waals surface area (Å²) in [5.41, 5.74) is 0.879. The average molecular weight is 585 g/mol. The molecule has 0 bridgehead atoms. The maximum Gasteiger partial charge on any atom is 0.348 e. The second-order valence-corrected chi connectivity index (χ2v) is 9.21. The van der Waals surface area contributed by atoms with Gasteiger partial charge in [-0.25, -0.2) is 9.59 Å². The summed E-state index contributed by atoms with van der Waals surface area (Å²) in [4.78, 5) is 38.2. The molecule has 0 saturated heterocycles. The number of thiophene rings is 1. The van der Waals surface area contributed by atoms with E-state index >= 15 is 0 Å². The largest absolute Gasteiger partial charge is 0.506 e. The van der Waals surface area contributed by atoms with E-state index in [0.29, 0.717) is 24.9 Å². The third-order valence-electron chi connectivity index (χ3n) is 4.25. The molecule has 0 aliphatic carbocycles. The third-order valence-corrected chi connectivity index (χ3v) is 6.73. The summed E-state index contributed by atoms with van der Waals surface area (Å²) in [6, 6.07) is 4.99. The van der Waals surface area contributed by atoms with E-state index in [1.807, 2.05) is 6.07 Å². The molecular weight excluding hydrogens is 566 g/mol. The Morgan fingerprint density at radius 1 is 1.12 bits per heavy atom. The summed E-state index contributed by atoms with van der Waals surface area (Å²) in [5, 5.41) is 19.4. The zero-order chi connectivity index (χ0) is 24.0. The molecule has 168 valence electrons. The van der Waals surface area contributed by atoms with E-state index in [1.165, 1.54) is 6.08 Å². The van der Waals surface area contributed by atoms with Crippen LogP contribution in [-0.4, -0.2) is 36.0 Å². The van der Waals surface area contributed by atoms with Gasteiger partial charge in [-0.15, -0.1) is 11.3 Å². The molecule has 1 aromatic carbocycles. The van der Waals surface area contributed by atoms with Crippen LogP contribution in [0.25, 0.3) is 6.08 Å². The van der Waals surface area contributed by atoms with Crippen LogP contribution in [0.1, 0.15) is 49.9 Å². The van der Waals surface area contributed by atoms with Crippen molar-refractivity contribution in [2.24, 2.45) is 0 Å². The van der Waals surface area contributed by atoms with Gasteiger partial charge in [0.15, 0.2) is 5.78 Å². The van der Waals surface area contributed by atoms with Crippen molar-refractivity contribution in [3.63, 3.8) is 0 Å². The van der Waals surface area contributed by atoms with Crippen LogP contribution in [0.5, 0.6) is 5.75 Å². The highest BCUT2D eigenvalue weighted by Gasteiger charge is 2.28. The molecular formula is C22H19Br2NO6S. The van der Waals surface area contributed by atoms with Gasteiger partial charge in [0, 0.05) is 11.3 Å². The zero-order valence-corrected chi connectivity index (χ0v) is 21.4. The molecule has 7 nitrogen and oxygen atoms in total. The maximum absolute atomic E-state index is 12.9. The number of phenolic OH excluding ortho intramolecular Hbond substituents is 1. The summed E-state index contributed by atoms with van der Waals surface area (Å²) in [6.07, 6.45) is 1.12. The van der Waals surface area contributed by atoms with Crippen molar-refractivity contribution in [1.29, 1.82) is 5.26 Å². The number of allylic oxidation sites excluding steroid dienone is 1. The summed E-state index contributed by atoms with van der Waals surface area (Å²) >= 11 is 7.39. The third kappa shape index (κ3) is 5.85. The van der Waals surface area contributed by atoms with Gasteiger partial charge >= 0.3 is 11.9 Å². The highest BCUT2D eigenvalue weighted by Crippen LogP contribution is 2.34. The molecule has 0 amide bonds. The van der Waals surface area contributed by atoms with E-state index in [9.17, 15) is 24.8 Å². The molecule has 1 aromatic heterocycles. The summed E-state index contributed by atoms with van der Waals surface area (Å²) < 4.78 is 10.9. The Morgan fingerprint density at radius 3 is 2.22 bits per heavy atom. The van der Waals surface area contributed by atoms with Crippen molar-refractivity contribution < 1.29 is 29.0 Å². The second kappa shape index (κ2) is 11.4. The average Bonchev–Trinajstić information content (AvgIpc) is 3.06. The molecule has 0 spiro atoms. The Morgan fingerprint density at radius 2 is 1.69 bits per heavy atom. The van der Waals surface area contributed by atoms with Crippen LogP contribution in [0.3, 0.4) is 0 Å². The number of carbonyl (C=O) groups excluding carboxylic acids is 3. The summed E-state index contributed by atoms with van der Waals surface area (Å²) in [7, 11) is 0. The number of halogens is 2. The SMILES string of the molecule is CCOC(=O)c1sc(CC(=O)/C(C#N)=C/c2cc(Br)c(O)c(Br)c2)c(C(=O)OCC)c1C. The number of esters is 2. The van der Waals surface area contributed by atoms with Gasteiger partial charge in [-0.1, -0.05) is 0 Å². The number of aromatic hydroxyl groups is 1. The molecule has 0 fully saturated rings. The highest BCUT2D eigenvalue weighted by atomic mass is 79.9. The molecule has 2 rings (SSSR count). The van der Waals surface area contributed by atoms with E-state index < -0.39 is 17.7 Å². The molecule has 0 aliphatic rings. The summed E-state index contributed by atoms with van der Waals surface area (Å²) in [6.45, 7) is 5.21. The maximum atomic E-state index is 12.9. The number of phenols is 1. The molecule has 0 atom stereocenters. The first kappa shape index (κ1) is 25.8. The normalized spacial score (nSPS) is 11.1. The van der Waals surface area contributed by atoms with Crippen LogP contribution >= 0.6 is 43.2 Å². The van der Waals surface area contributed by atoms with Gasteiger partial charge in [-0.2, -0.15) is 5.26 Å². The Labute approximate surface area is 205 Å². The Hall–Kier alpha value is -2.48. The van der Waals surface area contributed by atoms with Gasteiger partial charge in [0.1, 0.15) is 16.7 Å². The first-order valence-corrected chi connectivity index (χ1v) is 11.8. The lowest BCUT2D eigenvalue weighted by atomic mass is 10.0. The number of Topliss-reactive ketones (excluding diaryl/α,β-unsaturated/α-hetero) is 1. The second-order valence-electron chi connectivity index (χ2n) is 6.40. The van der Waals surface area contributed by atoms with E-state index in [4.69, 9.17) is 9.47 Å². The summed E-state index contributed by atoms with van der Waals surface area (Å²) in [5.74, 6) is -1.77. The molecule has 2 aromatic rings. The van der Waals surface area contributed by atoms with Gasteiger partial charge < -0.3 is 14.6 Å². The monoisotopic (exact) mass is 583 g/mol. The number of hydrogen-bond acceptors (Lipinski definition) is 8. The van der Waals surface area contributed by atoms with E-state index in [2.05, 4.69) is 31.9 Å². The highest BCUT2D eigenvalue weighted by molar-refractivity contribution is 9.11. The molecule has 32 heavy (non-hydrogen) atoms. The van der Waals surface area contributed by atoms with Gasteiger partial charge in [0.05, 0.1) is 33.3 Å².